The van der Waals surface area contributed by atoms with E-state index < -0.39 is 0 Å². The van der Waals surface area contributed by atoms with Crippen LogP contribution in [0.4, 0.5) is 0 Å². The highest BCUT2D eigenvalue weighted by Crippen LogP contribution is 2.29. The molecule has 0 amide bonds. The van der Waals surface area contributed by atoms with Crippen molar-refractivity contribution in [2.45, 2.75) is 32.1 Å². The Balaban J connectivity index is 2.45. The third kappa shape index (κ3) is 3.22. The molecule has 0 N–H and O–H groups in total. The van der Waals surface area contributed by atoms with Gasteiger partial charge in [0.05, 0.1) is 6.07 Å². The second-order valence-electron chi connectivity index (χ2n) is 3.88. The molecule has 1 saturated carbocycles. The van der Waals surface area contributed by atoms with Crippen LogP contribution in [0.25, 0.3) is 0 Å². The normalized spacial score (nSPS) is 17.9. The van der Waals surface area contributed by atoms with E-state index >= 15 is 0 Å². The van der Waals surface area contributed by atoms with Gasteiger partial charge in [0.1, 0.15) is 0 Å². The Hall–Kier alpha value is -1.29. The summed E-state index contributed by atoms with van der Waals surface area (Å²) in [4.78, 5) is 0. The van der Waals surface area contributed by atoms with Gasteiger partial charge in [0, 0.05) is 5.57 Å². The van der Waals surface area contributed by atoms with Gasteiger partial charge in [-0.3, -0.25) is 0 Å². The Kier molecular flexibility index (Phi) is 4.19. The number of hydrogen-bond donors (Lipinski definition) is 0. The molecule has 1 rings (SSSR count). The summed E-state index contributed by atoms with van der Waals surface area (Å²) in [5, 5.41) is 8.53. The largest absolute Gasteiger partial charge is 0.192 e. The maximum Gasteiger partial charge on any atom is 0.0985 e. The first-order chi connectivity index (χ1) is 6.74. The zero-order chi connectivity index (χ0) is 10.4. The summed E-state index contributed by atoms with van der Waals surface area (Å²) >= 11 is 0. The van der Waals surface area contributed by atoms with E-state index in [1.54, 1.807) is 6.08 Å². The van der Waals surface area contributed by atoms with Gasteiger partial charge < -0.3 is 0 Å². The minimum absolute atomic E-state index is 0.502. The minimum Gasteiger partial charge on any atom is -0.192 e. The quantitative estimate of drug-likeness (QED) is 0.487. The average molecular weight is 187 g/mol. The summed E-state index contributed by atoms with van der Waals surface area (Å²) in [5.41, 5.74) is 1.66. The van der Waals surface area contributed by atoms with Crippen LogP contribution in [-0.4, -0.2) is 0 Å². The number of rotatable bonds is 3. The SMILES string of the molecule is C=C(C#N)/C=C\C(=C)C1CCCCC1. The summed E-state index contributed by atoms with van der Waals surface area (Å²) in [6.07, 6.45) is 10.2. The second-order valence-corrected chi connectivity index (χ2v) is 3.88. The minimum atomic E-state index is 0.502. The maximum absolute atomic E-state index is 8.53. The molecule has 1 heteroatoms. The highest BCUT2D eigenvalue weighted by molar-refractivity contribution is 5.34. The molecule has 1 aliphatic carbocycles. The van der Waals surface area contributed by atoms with Crippen molar-refractivity contribution >= 4 is 0 Å². The van der Waals surface area contributed by atoms with Crippen LogP contribution in [0.5, 0.6) is 0 Å². The Morgan fingerprint density at radius 2 is 1.79 bits per heavy atom. The molecule has 0 aromatic carbocycles. The van der Waals surface area contributed by atoms with Gasteiger partial charge >= 0.3 is 0 Å². The predicted molar refractivity (Wildman–Crippen MR) is 59.6 cm³/mol. The van der Waals surface area contributed by atoms with Gasteiger partial charge in [-0.2, -0.15) is 5.26 Å². The van der Waals surface area contributed by atoms with Crippen LogP contribution in [0.15, 0.2) is 36.5 Å². The standard InChI is InChI=1S/C13H17N/c1-11(10-14)8-9-12(2)13-6-4-3-5-7-13/h8-9,13H,1-7H2/b9-8-. The molecule has 0 radical (unpaired) electrons. The highest BCUT2D eigenvalue weighted by atomic mass is 14.2. The molecule has 1 nitrogen and oxygen atoms in total. The van der Waals surface area contributed by atoms with E-state index in [0.29, 0.717) is 11.5 Å². The van der Waals surface area contributed by atoms with Crippen LogP contribution >= 0.6 is 0 Å². The molecular weight excluding hydrogens is 170 g/mol. The van der Waals surface area contributed by atoms with Crippen molar-refractivity contribution in [3.63, 3.8) is 0 Å². The average Bonchev–Trinajstić information content (AvgIpc) is 2.26. The molecule has 0 spiro atoms. The summed E-state index contributed by atoms with van der Waals surface area (Å²) in [6, 6.07) is 2.00. The third-order valence-corrected chi connectivity index (χ3v) is 2.77. The lowest BCUT2D eigenvalue weighted by atomic mass is 9.84. The first kappa shape index (κ1) is 10.8. The Morgan fingerprint density at radius 1 is 1.14 bits per heavy atom. The van der Waals surface area contributed by atoms with E-state index in [-0.39, 0.29) is 0 Å². The molecule has 0 unspecified atom stereocenters. The molecular formula is C13H17N. The van der Waals surface area contributed by atoms with Crippen LogP contribution < -0.4 is 0 Å². The third-order valence-electron chi connectivity index (χ3n) is 2.77. The topological polar surface area (TPSA) is 23.8 Å². The van der Waals surface area contributed by atoms with E-state index in [9.17, 15) is 0 Å². The molecule has 0 bridgehead atoms. The Labute approximate surface area is 86.4 Å². The van der Waals surface area contributed by atoms with Crippen molar-refractivity contribution in [3.05, 3.63) is 36.5 Å². The van der Waals surface area contributed by atoms with E-state index in [1.165, 1.54) is 32.1 Å². The maximum atomic E-state index is 8.53. The molecule has 1 fully saturated rings. The fourth-order valence-corrected chi connectivity index (χ4v) is 1.85. The van der Waals surface area contributed by atoms with Gasteiger partial charge in [0.25, 0.3) is 0 Å². The van der Waals surface area contributed by atoms with Gasteiger partial charge in [-0.25, -0.2) is 0 Å². The highest BCUT2D eigenvalue weighted by Gasteiger charge is 2.14. The van der Waals surface area contributed by atoms with Crippen LogP contribution in [0.1, 0.15) is 32.1 Å². The smallest absolute Gasteiger partial charge is 0.0985 e. The molecule has 74 valence electrons. The van der Waals surface area contributed by atoms with Crippen LogP contribution in [0, 0.1) is 17.2 Å². The molecule has 0 atom stereocenters. The van der Waals surface area contributed by atoms with Gasteiger partial charge in [-0.15, -0.1) is 0 Å². The molecule has 1 aliphatic rings. The van der Waals surface area contributed by atoms with E-state index in [0.717, 1.165) is 5.57 Å². The fourth-order valence-electron chi connectivity index (χ4n) is 1.85. The summed E-state index contributed by atoms with van der Waals surface area (Å²) in [5.74, 6) is 0.631. The van der Waals surface area contributed by atoms with E-state index in [2.05, 4.69) is 13.2 Å². The van der Waals surface area contributed by atoms with Gasteiger partial charge in [-0.05, 0) is 24.8 Å². The monoisotopic (exact) mass is 187 g/mol. The molecule has 0 aliphatic heterocycles. The van der Waals surface area contributed by atoms with Crippen LogP contribution in [0.2, 0.25) is 0 Å². The first-order valence-corrected chi connectivity index (χ1v) is 5.20. The number of allylic oxidation sites excluding steroid dienone is 4. The summed E-state index contributed by atoms with van der Waals surface area (Å²) in [6.45, 7) is 7.65. The van der Waals surface area contributed by atoms with Gasteiger partial charge in [0.15, 0.2) is 0 Å². The van der Waals surface area contributed by atoms with Crippen LogP contribution in [-0.2, 0) is 0 Å². The van der Waals surface area contributed by atoms with E-state index in [4.69, 9.17) is 5.26 Å². The molecule has 14 heavy (non-hydrogen) atoms. The lowest BCUT2D eigenvalue weighted by Crippen LogP contribution is -2.06. The van der Waals surface area contributed by atoms with Gasteiger partial charge in [0.2, 0.25) is 0 Å². The molecule has 0 aromatic rings. The number of hydrogen-bond acceptors (Lipinski definition) is 1. The van der Waals surface area contributed by atoms with Crippen molar-refractivity contribution in [2.24, 2.45) is 5.92 Å². The van der Waals surface area contributed by atoms with Crippen LogP contribution in [0.3, 0.4) is 0 Å². The van der Waals surface area contributed by atoms with Crippen molar-refractivity contribution in [1.29, 1.82) is 5.26 Å². The Morgan fingerprint density at radius 3 is 2.36 bits per heavy atom. The lowest BCUT2D eigenvalue weighted by molar-refractivity contribution is 0.409. The lowest BCUT2D eigenvalue weighted by Gasteiger charge is -2.21. The van der Waals surface area contributed by atoms with Crippen molar-refractivity contribution in [1.82, 2.24) is 0 Å². The second kappa shape index (κ2) is 5.44. The first-order valence-electron chi connectivity index (χ1n) is 5.20. The van der Waals surface area contributed by atoms with Gasteiger partial charge in [-0.1, -0.05) is 44.1 Å². The molecule has 0 saturated heterocycles. The summed E-state index contributed by atoms with van der Waals surface area (Å²) in [7, 11) is 0. The summed E-state index contributed by atoms with van der Waals surface area (Å²) < 4.78 is 0. The van der Waals surface area contributed by atoms with Crippen molar-refractivity contribution in [3.8, 4) is 6.07 Å². The predicted octanol–water partition coefficient (Wildman–Crippen LogP) is 3.76. The van der Waals surface area contributed by atoms with Crippen molar-refractivity contribution < 1.29 is 0 Å². The number of nitriles is 1. The molecule has 0 aromatic heterocycles. The molecule has 0 heterocycles. The zero-order valence-corrected chi connectivity index (χ0v) is 8.63. The Bertz CT molecular complexity index is 285. The zero-order valence-electron chi connectivity index (χ0n) is 8.63. The van der Waals surface area contributed by atoms with E-state index in [1.807, 2.05) is 12.1 Å². The van der Waals surface area contributed by atoms with Crippen molar-refractivity contribution in [2.75, 3.05) is 0 Å². The fraction of sp³-hybridized carbons (Fsp3) is 0.462. The number of nitrogens with zero attached hydrogens (tertiary/aromatic N) is 1.